The maximum Gasteiger partial charge on any atom is -0.00674 e. The van der Waals surface area contributed by atoms with Gasteiger partial charge in [0.15, 0.2) is 0 Å². The quantitative estimate of drug-likeness (QED) is 0.581. The van der Waals surface area contributed by atoms with E-state index in [1.54, 1.807) is 0 Å². The van der Waals surface area contributed by atoms with E-state index in [-0.39, 0.29) is 0 Å². The Morgan fingerprint density at radius 3 is 2.58 bits per heavy atom. The van der Waals surface area contributed by atoms with Crippen LogP contribution in [0.1, 0.15) is 25.0 Å². The Morgan fingerprint density at radius 2 is 2.00 bits per heavy atom. The van der Waals surface area contributed by atoms with E-state index in [0.29, 0.717) is 0 Å². The Bertz CT molecular complexity index is 282. The highest BCUT2D eigenvalue weighted by molar-refractivity contribution is 5.29. The lowest BCUT2D eigenvalue weighted by Crippen LogP contribution is -1.89. The fourth-order valence-electron chi connectivity index (χ4n) is 1.21. The van der Waals surface area contributed by atoms with E-state index in [9.17, 15) is 0 Å². The van der Waals surface area contributed by atoms with Gasteiger partial charge in [0.2, 0.25) is 0 Å². The molecule has 0 nitrogen and oxygen atoms in total. The highest BCUT2D eigenvalue weighted by atomic mass is 14.0. The van der Waals surface area contributed by atoms with Gasteiger partial charge in [0.05, 0.1) is 0 Å². The summed E-state index contributed by atoms with van der Waals surface area (Å²) < 4.78 is 0. The van der Waals surface area contributed by atoms with E-state index < -0.39 is 0 Å². The van der Waals surface area contributed by atoms with Crippen LogP contribution in [0.15, 0.2) is 35.9 Å². The maximum atomic E-state index is 2.20. The summed E-state index contributed by atoms with van der Waals surface area (Å²) in [5.74, 6) is 0. The van der Waals surface area contributed by atoms with Crippen LogP contribution in [0.3, 0.4) is 0 Å². The Morgan fingerprint density at radius 1 is 1.33 bits per heavy atom. The van der Waals surface area contributed by atoms with E-state index in [1.807, 2.05) is 0 Å². The minimum Gasteiger partial charge on any atom is -0.0884 e. The van der Waals surface area contributed by atoms with E-state index in [1.165, 1.54) is 16.7 Å². The predicted molar refractivity (Wildman–Crippen MR) is 54.3 cm³/mol. The van der Waals surface area contributed by atoms with Crippen LogP contribution >= 0.6 is 0 Å². The zero-order chi connectivity index (χ0) is 8.97. The van der Waals surface area contributed by atoms with E-state index >= 15 is 0 Å². The molecule has 0 aromatic heterocycles. The summed E-state index contributed by atoms with van der Waals surface area (Å²) in [6.45, 7) is 6.43. The Kier molecular flexibility index (Phi) is 3.09. The molecule has 0 aliphatic carbocycles. The molecule has 1 aromatic carbocycles. The first-order chi connectivity index (χ1) is 5.74. The summed E-state index contributed by atoms with van der Waals surface area (Å²) in [5, 5.41) is 0. The summed E-state index contributed by atoms with van der Waals surface area (Å²) >= 11 is 0. The summed E-state index contributed by atoms with van der Waals surface area (Å²) in [7, 11) is 0. The molecule has 0 saturated carbocycles. The van der Waals surface area contributed by atoms with Gasteiger partial charge >= 0.3 is 0 Å². The first-order valence-corrected chi connectivity index (χ1v) is 4.40. The molecule has 0 bridgehead atoms. The summed E-state index contributed by atoms with van der Waals surface area (Å²) in [6, 6.07) is 8.55. The van der Waals surface area contributed by atoms with Crippen LogP contribution in [-0.4, -0.2) is 0 Å². The predicted octanol–water partition coefficient (Wildman–Crippen LogP) is 3.50. The van der Waals surface area contributed by atoms with Crippen molar-refractivity contribution in [2.45, 2.75) is 27.2 Å². The standard InChI is InChI=1S/C12H16/c1-4-10(2)9-12-8-6-5-7-11(12)3/h4-8H,9H2,1-3H3/b10-4+. The lowest BCUT2D eigenvalue weighted by molar-refractivity contribution is 1.11. The van der Waals surface area contributed by atoms with Crippen LogP contribution in [0, 0.1) is 6.92 Å². The number of rotatable bonds is 2. The fraction of sp³-hybridized carbons (Fsp3) is 0.333. The molecule has 0 heteroatoms. The highest BCUT2D eigenvalue weighted by Gasteiger charge is 1.96. The van der Waals surface area contributed by atoms with Gasteiger partial charge in [0.25, 0.3) is 0 Å². The van der Waals surface area contributed by atoms with Crippen LogP contribution in [0.25, 0.3) is 0 Å². The average Bonchev–Trinajstić information content (AvgIpc) is 2.09. The molecule has 1 aromatic rings. The van der Waals surface area contributed by atoms with Crippen molar-refractivity contribution in [1.82, 2.24) is 0 Å². The second-order valence-electron chi connectivity index (χ2n) is 3.24. The van der Waals surface area contributed by atoms with Gasteiger partial charge in [-0.15, -0.1) is 0 Å². The molecule has 64 valence electrons. The average molecular weight is 160 g/mol. The van der Waals surface area contributed by atoms with Crippen molar-refractivity contribution in [3.8, 4) is 0 Å². The van der Waals surface area contributed by atoms with Crippen molar-refractivity contribution >= 4 is 0 Å². The number of hydrogen-bond acceptors (Lipinski definition) is 0. The summed E-state index contributed by atoms with van der Waals surface area (Å²) in [5.41, 5.74) is 4.26. The van der Waals surface area contributed by atoms with Gasteiger partial charge in [0, 0.05) is 0 Å². The van der Waals surface area contributed by atoms with Crippen molar-refractivity contribution in [3.05, 3.63) is 47.0 Å². The summed E-state index contributed by atoms with van der Waals surface area (Å²) in [6.07, 6.45) is 3.26. The van der Waals surface area contributed by atoms with Crippen molar-refractivity contribution in [1.29, 1.82) is 0 Å². The molecule has 0 amide bonds. The van der Waals surface area contributed by atoms with Crippen LogP contribution < -0.4 is 0 Å². The molecule has 12 heavy (non-hydrogen) atoms. The molecule has 0 saturated heterocycles. The number of hydrogen-bond donors (Lipinski definition) is 0. The third-order valence-corrected chi connectivity index (χ3v) is 2.22. The molecule has 0 unspecified atom stereocenters. The maximum absolute atomic E-state index is 2.20. The Balaban J connectivity index is 2.82. The molecule has 0 aliphatic heterocycles. The Hall–Kier alpha value is -1.04. The normalized spacial score (nSPS) is 11.8. The molecule has 0 N–H and O–H groups in total. The molecular weight excluding hydrogens is 144 g/mol. The third kappa shape index (κ3) is 2.23. The first kappa shape index (κ1) is 9.05. The lowest BCUT2D eigenvalue weighted by atomic mass is 10.0. The number of benzene rings is 1. The SMILES string of the molecule is C/C=C(\C)Cc1ccccc1C. The van der Waals surface area contributed by atoms with Crippen molar-refractivity contribution < 1.29 is 0 Å². The largest absolute Gasteiger partial charge is 0.0884 e. The van der Waals surface area contributed by atoms with Gasteiger partial charge in [-0.25, -0.2) is 0 Å². The van der Waals surface area contributed by atoms with Crippen LogP contribution in [0.2, 0.25) is 0 Å². The minimum atomic E-state index is 1.09. The molecule has 0 heterocycles. The zero-order valence-electron chi connectivity index (χ0n) is 8.09. The highest BCUT2D eigenvalue weighted by Crippen LogP contribution is 2.11. The molecule has 0 aliphatic rings. The van der Waals surface area contributed by atoms with E-state index in [0.717, 1.165) is 6.42 Å². The molecule has 0 atom stereocenters. The molecular formula is C12H16. The fourth-order valence-corrected chi connectivity index (χ4v) is 1.21. The van der Waals surface area contributed by atoms with Gasteiger partial charge in [-0.2, -0.15) is 0 Å². The third-order valence-electron chi connectivity index (χ3n) is 2.22. The smallest absolute Gasteiger partial charge is 0.00674 e. The van der Waals surface area contributed by atoms with Gasteiger partial charge in [-0.05, 0) is 38.3 Å². The topological polar surface area (TPSA) is 0 Å². The van der Waals surface area contributed by atoms with Crippen LogP contribution in [0.5, 0.6) is 0 Å². The molecule has 0 spiro atoms. The zero-order valence-corrected chi connectivity index (χ0v) is 8.09. The van der Waals surface area contributed by atoms with E-state index in [2.05, 4.69) is 51.1 Å². The molecule has 0 fully saturated rings. The lowest BCUT2D eigenvalue weighted by Gasteiger charge is -2.04. The van der Waals surface area contributed by atoms with Crippen LogP contribution in [0.4, 0.5) is 0 Å². The van der Waals surface area contributed by atoms with Crippen molar-refractivity contribution in [2.24, 2.45) is 0 Å². The van der Waals surface area contributed by atoms with Crippen LogP contribution in [-0.2, 0) is 6.42 Å². The molecule has 1 rings (SSSR count). The second kappa shape index (κ2) is 4.10. The summed E-state index contributed by atoms with van der Waals surface area (Å²) in [4.78, 5) is 0. The van der Waals surface area contributed by atoms with E-state index in [4.69, 9.17) is 0 Å². The van der Waals surface area contributed by atoms with Gasteiger partial charge in [-0.3, -0.25) is 0 Å². The second-order valence-corrected chi connectivity index (χ2v) is 3.24. The van der Waals surface area contributed by atoms with Gasteiger partial charge in [0.1, 0.15) is 0 Å². The van der Waals surface area contributed by atoms with Gasteiger partial charge < -0.3 is 0 Å². The minimum absolute atomic E-state index is 1.09. The van der Waals surface area contributed by atoms with Crippen molar-refractivity contribution in [3.63, 3.8) is 0 Å². The first-order valence-electron chi connectivity index (χ1n) is 4.40. The Labute approximate surface area is 74.9 Å². The number of allylic oxidation sites excluding steroid dienone is 2. The molecule has 0 radical (unpaired) electrons. The monoisotopic (exact) mass is 160 g/mol. The van der Waals surface area contributed by atoms with Crippen molar-refractivity contribution in [2.75, 3.05) is 0 Å². The van der Waals surface area contributed by atoms with Gasteiger partial charge in [-0.1, -0.05) is 35.9 Å². The number of aryl methyl sites for hydroxylation is 1.